The predicted octanol–water partition coefficient (Wildman–Crippen LogP) is 4.20. The summed E-state index contributed by atoms with van der Waals surface area (Å²) in [4.78, 5) is 20.6. The first kappa shape index (κ1) is 22.5. The van der Waals surface area contributed by atoms with Crippen molar-refractivity contribution in [2.75, 3.05) is 16.6 Å². The van der Waals surface area contributed by atoms with Crippen LogP contribution < -0.4 is 14.8 Å². The summed E-state index contributed by atoms with van der Waals surface area (Å²) in [6, 6.07) is 12.2. The minimum atomic E-state index is -3.88. The van der Waals surface area contributed by atoms with Gasteiger partial charge in [0.15, 0.2) is 0 Å². The van der Waals surface area contributed by atoms with E-state index in [0.29, 0.717) is 40.0 Å². The Morgan fingerprint density at radius 1 is 1.03 bits per heavy atom. The quantitative estimate of drug-likeness (QED) is 0.546. The molecule has 3 aromatic rings. The Kier molecular flexibility index (Phi) is 6.77. The summed E-state index contributed by atoms with van der Waals surface area (Å²) in [5, 5.41) is 3.03. The summed E-state index contributed by atoms with van der Waals surface area (Å²) >= 11 is 6.12. The third kappa shape index (κ3) is 5.71. The lowest BCUT2D eigenvalue weighted by atomic mass is 10.2. The highest BCUT2D eigenvalue weighted by atomic mass is 35.5. The monoisotopic (exact) mass is 460 g/mol. The number of nitrogens with zero attached hydrogens (tertiary/aromatic N) is 2. The first-order valence-electron chi connectivity index (χ1n) is 9.37. The van der Waals surface area contributed by atoms with Crippen LogP contribution in [0.3, 0.4) is 0 Å². The van der Waals surface area contributed by atoms with Gasteiger partial charge in [-0.3, -0.25) is 4.79 Å². The van der Waals surface area contributed by atoms with Gasteiger partial charge in [-0.25, -0.2) is 23.1 Å². The van der Waals surface area contributed by atoms with Crippen molar-refractivity contribution in [3.05, 3.63) is 70.5 Å². The molecule has 10 heteroatoms. The van der Waals surface area contributed by atoms with Gasteiger partial charge in [-0.05, 0) is 69.3 Å². The summed E-state index contributed by atoms with van der Waals surface area (Å²) in [7, 11) is -3.88. The number of ether oxygens (including phenoxy) is 1. The molecule has 0 bridgehead atoms. The fraction of sp³-hybridized carbons (Fsp3) is 0.190. The molecule has 0 radical (unpaired) electrons. The second-order valence-corrected chi connectivity index (χ2v) is 8.73. The van der Waals surface area contributed by atoms with Crippen LogP contribution in [0.25, 0.3) is 0 Å². The van der Waals surface area contributed by atoms with Gasteiger partial charge in [-0.15, -0.1) is 0 Å². The Morgan fingerprint density at radius 3 is 2.26 bits per heavy atom. The van der Waals surface area contributed by atoms with Gasteiger partial charge in [0.1, 0.15) is 5.75 Å². The highest BCUT2D eigenvalue weighted by Crippen LogP contribution is 2.26. The predicted molar refractivity (Wildman–Crippen MR) is 119 cm³/mol. The number of halogens is 1. The van der Waals surface area contributed by atoms with Crippen LogP contribution >= 0.6 is 11.6 Å². The molecule has 0 aliphatic rings. The maximum absolute atomic E-state index is 12.6. The molecule has 0 unspecified atom stereocenters. The third-order valence-corrected chi connectivity index (χ3v) is 5.76. The lowest BCUT2D eigenvalue weighted by Gasteiger charge is -2.10. The lowest BCUT2D eigenvalue weighted by molar-refractivity contribution is 0.102. The maximum Gasteiger partial charge on any atom is 0.264 e. The van der Waals surface area contributed by atoms with Crippen LogP contribution in [0.2, 0.25) is 5.02 Å². The van der Waals surface area contributed by atoms with Crippen LogP contribution in [0.4, 0.5) is 11.6 Å². The fourth-order valence-corrected chi connectivity index (χ4v) is 3.96. The molecule has 0 saturated carbocycles. The van der Waals surface area contributed by atoms with Gasteiger partial charge >= 0.3 is 0 Å². The van der Waals surface area contributed by atoms with Gasteiger partial charge in [-0.2, -0.15) is 0 Å². The van der Waals surface area contributed by atoms with Crippen molar-refractivity contribution in [3.63, 3.8) is 0 Å². The number of nitrogens with one attached hydrogen (secondary N) is 2. The normalized spacial score (nSPS) is 11.1. The van der Waals surface area contributed by atoms with E-state index in [9.17, 15) is 13.2 Å². The zero-order valence-electron chi connectivity index (χ0n) is 17.1. The molecule has 0 saturated heterocycles. The number of carbonyl (C=O) groups excluding carboxylic acids is 1. The third-order valence-electron chi connectivity index (χ3n) is 4.12. The van der Waals surface area contributed by atoms with Crippen molar-refractivity contribution < 1.29 is 17.9 Å². The summed E-state index contributed by atoms with van der Waals surface area (Å²) < 4.78 is 32.9. The molecule has 0 atom stereocenters. The molecule has 0 spiro atoms. The molecular formula is C21H21ClN4O4S. The molecule has 31 heavy (non-hydrogen) atoms. The van der Waals surface area contributed by atoms with Gasteiger partial charge in [0.05, 0.1) is 16.5 Å². The fourth-order valence-electron chi connectivity index (χ4n) is 2.79. The van der Waals surface area contributed by atoms with Crippen molar-refractivity contribution in [2.24, 2.45) is 0 Å². The Bertz CT molecular complexity index is 1190. The zero-order valence-corrected chi connectivity index (χ0v) is 18.7. The molecule has 2 N–H and O–H groups in total. The topological polar surface area (TPSA) is 110 Å². The second kappa shape index (κ2) is 9.32. The minimum absolute atomic E-state index is 0.00209. The van der Waals surface area contributed by atoms with E-state index in [1.807, 2.05) is 6.92 Å². The van der Waals surface area contributed by atoms with E-state index in [1.54, 1.807) is 32.0 Å². The van der Waals surface area contributed by atoms with Crippen molar-refractivity contribution in [2.45, 2.75) is 25.7 Å². The largest absolute Gasteiger partial charge is 0.492 e. The van der Waals surface area contributed by atoms with Crippen LogP contribution in [0.1, 0.15) is 28.7 Å². The first-order chi connectivity index (χ1) is 14.7. The first-order valence-corrected chi connectivity index (χ1v) is 11.2. The molecule has 2 aromatic carbocycles. The molecule has 1 amide bonds. The number of aromatic nitrogens is 2. The summed E-state index contributed by atoms with van der Waals surface area (Å²) in [5.41, 5.74) is 2.07. The number of sulfonamides is 1. The Balaban J connectivity index is 1.72. The molecule has 0 aliphatic heterocycles. The summed E-state index contributed by atoms with van der Waals surface area (Å²) in [5.74, 6) is 0.111. The number of carbonyl (C=O) groups is 1. The van der Waals surface area contributed by atoms with E-state index in [-0.39, 0.29) is 16.8 Å². The SMILES string of the molecule is CCOc1ccc(C(=O)Nc2ccc(S(=O)(=O)Nc3nc(C)cc(C)n3)cc2)cc1Cl. The molecule has 0 aliphatic carbocycles. The highest BCUT2D eigenvalue weighted by Gasteiger charge is 2.17. The lowest BCUT2D eigenvalue weighted by Crippen LogP contribution is -2.16. The molecule has 1 heterocycles. The van der Waals surface area contributed by atoms with Crippen LogP contribution in [0.15, 0.2) is 53.4 Å². The van der Waals surface area contributed by atoms with Crippen molar-refractivity contribution in [1.29, 1.82) is 0 Å². The van der Waals surface area contributed by atoms with E-state index < -0.39 is 10.0 Å². The number of amides is 1. The molecule has 162 valence electrons. The summed E-state index contributed by atoms with van der Waals surface area (Å²) in [6.45, 7) is 5.80. The van der Waals surface area contributed by atoms with Crippen molar-refractivity contribution in [3.8, 4) is 5.75 Å². The Morgan fingerprint density at radius 2 is 1.68 bits per heavy atom. The van der Waals surface area contributed by atoms with Crippen LogP contribution in [0, 0.1) is 13.8 Å². The van der Waals surface area contributed by atoms with E-state index in [1.165, 1.54) is 30.3 Å². The van der Waals surface area contributed by atoms with E-state index >= 15 is 0 Å². The maximum atomic E-state index is 12.6. The average molecular weight is 461 g/mol. The van der Waals surface area contributed by atoms with Crippen molar-refractivity contribution in [1.82, 2.24) is 9.97 Å². The van der Waals surface area contributed by atoms with E-state index in [2.05, 4.69) is 20.0 Å². The highest BCUT2D eigenvalue weighted by molar-refractivity contribution is 7.92. The Hall–Kier alpha value is -3.17. The van der Waals surface area contributed by atoms with Gasteiger partial charge < -0.3 is 10.1 Å². The molecule has 1 aromatic heterocycles. The number of rotatable bonds is 7. The zero-order chi connectivity index (χ0) is 22.6. The molecule has 3 rings (SSSR count). The average Bonchev–Trinajstić information content (AvgIpc) is 2.69. The smallest absolute Gasteiger partial charge is 0.264 e. The number of aryl methyl sites for hydroxylation is 2. The Labute approximate surface area is 185 Å². The van der Waals surface area contributed by atoms with Gasteiger partial charge in [-0.1, -0.05) is 11.6 Å². The number of anilines is 2. The van der Waals surface area contributed by atoms with Crippen molar-refractivity contribution >= 4 is 39.2 Å². The molecular weight excluding hydrogens is 440 g/mol. The van der Waals surface area contributed by atoms with Gasteiger partial charge in [0.2, 0.25) is 5.95 Å². The van der Waals surface area contributed by atoms with Gasteiger partial charge in [0, 0.05) is 22.6 Å². The van der Waals surface area contributed by atoms with Crippen LogP contribution in [-0.4, -0.2) is 30.9 Å². The van der Waals surface area contributed by atoms with E-state index in [4.69, 9.17) is 16.3 Å². The van der Waals surface area contributed by atoms with E-state index in [0.717, 1.165) is 0 Å². The standard InChI is InChI=1S/C21H21ClN4O4S/c1-4-30-19-10-5-15(12-18(19)22)20(27)25-16-6-8-17(9-7-16)31(28,29)26-21-23-13(2)11-14(3)24-21/h5-12H,4H2,1-3H3,(H,25,27)(H,23,24,26). The summed E-state index contributed by atoms with van der Waals surface area (Å²) in [6.07, 6.45) is 0. The van der Waals surface area contributed by atoms with Crippen LogP contribution in [-0.2, 0) is 10.0 Å². The second-order valence-electron chi connectivity index (χ2n) is 6.64. The number of hydrogen-bond acceptors (Lipinski definition) is 6. The number of benzene rings is 2. The number of hydrogen-bond donors (Lipinski definition) is 2. The van der Waals surface area contributed by atoms with Gasteiger partial charge in [0.25, 0.3) is 15.9 Å². The molecule has 0 fully saturated rings. The minimum Gasteiger partial charge on any atom is -0.492 e. The molecule has 8 nitrogen and oxygen atoms in total. The van der Waals surface area contributed by atoms with Crippen LogP contribution in [0.5, 0.6) is 5.75 Å².